The van der Waals surface area contributed by atoms with Crippen molar-refractivity contribution in [1.82, 2.24) is 9.97 Å². The van der Waals surface area contributed by atoms with Crippen LogP contribution in [0.15, 0.2) is 34.2 Å². The van der Waals surface area contributed by atoms with E-state index < -0.39 is 5.97 Å². The van der Waals surface area contributed by atoms with Crippen molar-refractivity contribution in [2.45, 2.75) is 37.8 Å². The monoisotopic (exact) mass is 374 g/mol. The Morgan fingerprint density at radius 3 is 2.88 bits per heavy atom. The van der Waals surface area contributed by atoms with Crippen LogP contribution in [0.2, 0.25) is 0 Å². The number of aryl methyl sites for hydroxylation is 1. The standard InChI is InChI=1S/C19H22N2O4S/c1-12-3-8-16-15(11-12)17(22)21-19(20-16)26-10-2-9-25-14-6-4-13(5-7-14)18(23)24/h4-7,12H,2-3,8-11H2,1H3,(H,23,24)(H,20,21,22). The molecule has 3 rings (SSSR count). The van der Waals surface area contributed by atoms with Gasteiger partial charge in [-0.1, -0.05) is 18.7 Å². The van der Waals surface area contributed by atoms with E-state index >= 15 is 0 Å². The second-order valence-corrected chi connectivity index (χ2v) is 7.61. The highest BCUT2D eigenvalue weighted by Gasteiger charge is 2.20. The zero-order valence-corrected chi connectivity index (χ0v) is 15.5. The maximum Gasteiger partial charge on any atom is 0.335 e. The zero-order valence-electron chi connectivity index (χ0n) is 14.7. The van der Waals surface area contributed by atoms with Crippen LogP contribution in [-0.4, -0.2) is 33.4 Å². The molecule has 0 bridgehead atoms. The second kappa shape index (κ2) is 8.40. The Labute approximate surface area is 156 Å². The van der Waals surface area contributed by atoms with Crippen molar-refractivity contribution in [3.8, 4) is 5.75 Å². The highest BCUT2D eigenvalue weighted by molar-refractivity contribution is 7.99. The largest absolute Gasteiger partial charge is 0.494 e. The average Bonchev–Trinajstić information content (AvgIpc) is 2.62. The van der Waals surface area contributed by atoms with Crippen LogP contribution in [0.4, 0.5) is 0 Å². The Morgan fingerprint density at radius 1 is 1.38 bits per heavy atom. The van der Waals surface area contributed by atoms with E-state index in [9.17, 15) is 9.59 Å². The van der Waals surface area contributed by atoms with E-state index in [-0.39, 0.29) is 11.1 Å². The molecule has 0 aliphatic heterocycles. The number of carbonyl (C=O) groups is 1. The van der Waals surface area contributed by atoms with Crippen molar-refractivity contribution in [3.05, 3.63) is 51.4 Å². The fourth-order valence-electron chi connectivity index (χ4n) is 2.95. The Morgan fingerprint density at radius 2 is 2.15 bits per heavy atom. The van der Waals surface area contributed by atoms with Crippen molar-refractivity contribution >= 4 is 17.7 Å². The summed E-state index contributed by atoms with van der Waals surface area (Å²) >= 11 is 1.53. The normalized spacial score (nSPS) is 16.1. The van der Waals surface area contributed by atoms with E-state index in [0.29, 0.717) is 23.4 Å². The molecule has 2 aromatic rings. The summed E-state index contributed by atoms with van der Waals surface area (Å²) in [5, 5.41) is 9.54. The van der Waals surface area contributed by atoms with Gasteiger partial charge >= 0.3 is 5.97 Å². The van der Waals surface area contributed by atoms with E-state index in [1.807, 2.05) is 0 Å². The number of carboxylic acid groups (broad SMARTS) is 1. The molecule has 0 saturated carbocycles. The lowest BCUT2D eigenvalue weighted by Gasteiger charge is -2.19. The van der Waals surface area contributed by atoms with Gasteiger partial charge in [-0.05, 0) is 55.9 Å². The van der Waals surface area contributed by atoms with E-state index in [0.717, 1.165) is 42.7 Å². The highest BCUT2D eigenvalue weighted by atomic mass is 32.2. The quantitative estimate of drug-likeness (QED) is 0.439. The van der Waals surface area contributed by atoms with Crippen molar-refractivity contribution < 1.29 is 14.6 Å². The molecule has 1 aliphatic carbocycles. The smallest absolute Gasteiger partial charge is 0.335 e. The van der Waals surface area contributed by atoms with Crippen molar-refractivity contribution in [2.75, 3.05) is 12.4 Å². The highest BCUT2D eigenvalue weighted by Crippen LogP contribution is 2.23. The van der Waals surface area contributed by atoms with Gasteiger partial charge in [-0.25, -0.2) is 9.78 Å². The van der Waals surface area contributed by atoms with E-state index in [4.69, 9.17) is 9.84 Å². The molecule has 2 N–H and O–H groups in total. The van der Waals surface area contributed by atoms with Gasteiger partial charge in [0.2, 0.25) is 0 Å². The van der Waals surface area contributed by atoms with Crippen molar-refractivity contribution in [3.63, 3.8) is 0 Å². The van der Waals surface area contributed by atoms with Gasteiger partial charge in [-0.3, -0.25) is 4.79 Å². The summed E-state index contributed by atoms with van der Waals surface area (Å²) in [6.07, 6.45) is 3.58. The first-order chi connectivity index (χ1) is 12.5. The van der Waals surface area contributed by atoms with Crippen LogP contribution < -0.4 is 10.3 Å². The third-order valence-electron chi connectivity index (χ3n) is 4.40. The summed E-state index contributed by atoms with van der Waals surface area (Å²) in [5.41, 5.74) is 2.04. The van der Waals surface area contributed by atoms with Crippen LogP contribution in [0.5, 0.6) is 5.75 Å². The number of thioether (sulfide) groups is 1. The van der Waals surface area contributed by atoms with Gasteiger partial charge < -0.3 is 14.8 Å². The molecule has 0 saturated heterocycles. The van der Waals surface area contributed by atoms with Crippen molar-refractivity contribution in [1.29, 1.82) is 0 Å². The molecule has 1 aliphatic rings. The maximum absolute atomic E-state index is 12.2. The fourth-order valence-corrected chi connectivity index (χ4v) is 3.75. The summed E-state index contributed by atoms with van der Waals surface area (Å²) in [5.74, 6) is 1.03. The molecule has 6 nitrogen and oxygen atoms in total. The summed E-state index contributed by atoms with van der Waals surface area (Å²) in [7, 11) is 0. The van der Waals surface area contributed by atoms with E-state index in [2.05, 4.69) is 16.9 Å². The SMILES string of the molecule is CC1CCc2nc(SCCCOc3ccc(C(=O)O)cc3)[nH]c(=O)c2C1. The van der Waals surface area contributed by atoms with Crippen LogP contribution in [0.1, 0.15) is 41.4 Å². The summed E-state index contributed by atoms with van der Waals surface area (Å²) in [4.78, 5) is 30.5. The van der Waals surface area contributed by atoms with Crippen LogP contribution >= 0.6 is 11.8 Å². The number of benzene rings is 1. The number of carboxylic acids is 1. The molecule has 7 heteroatoms. The number of aromatic carboxylic acids is 1. The molecule has 26 heavy (non-hydrogen) atoms. The number of aromatic nitrogens is 2. The van der Waals surface area contributed by atoms with Gasteiger partial charge in [0.1, 0.15) is 5.75 Å². The molecule has 1 atom stereocenters. The van der Waals surface area contributed by atoms with Gasteiger partial charge in [-0.2, -0.15) is 0 Å². The number of fused-ring (bicyclic) bond motifs is 1. The minimum absolute atomic E-state index is 0.00109. The molecule has 1 aromatic heterocycles. The molecule has 0 radical (unpaired) electrons. The summed E-state index contributed by atoms with van der Waals surface area (Å²) in [6.45, 7) is 2.69. The van der Waals surface area contributed by atoms with Gasteiger partial charge in [0.25, 0.3) is 5.56 Å². The lowest BCUT2D eigenvalue weighted by atomic mass is 9.89. The average molecular weight is 374 g/mol. The van der Waals surface area contributed by atoms with E-state index in [1.54, 1.807) is 12.1 Å². The Balaban J connectivity index is 1.46. The van der Waals surface area contributed by atoms with Gasteiger partial charge in [-0.15, -0.1) is 0 Å². The number of aromatic amines is 1. The number of H-pyrrole nitrogens is 1. The number of nitrogens with one attached hydrogen (secondary N) is 1. The number of hydrogen-bond acceptors (Lipinski definition) is 5. The Bertz CT molecular complexity index is 832. The molecular formula is C19H22N2O4S. The number of rotatable bonds is 7. The first kappa shape index (κ1) is 18.5. The third-order valence-corrected chi connectivity index (χ3v) is 5.36. The Hall–Kier alpha value is -2.28. The molecule has 0 fully saturated rings. The number of ether oxygens (including phenoxy) is 1. The summed E-state index contributed by atoms with van der Waals surface area (Å²) in [6, 6.07) is 6.35. The van der Waals surface area contributed by atoms with Crippen molar-refractivity contribution in [2.24, 2.45) is 5.92 Å². The van der Waals surface area contributed by atoms with Crippen LogP contribution in [0.3, 0.4) is 0 Å². The predicted molar refractivity (Wildman–Crippen MR) is 100 cm³/mol. The molecule has 0 spiro atoms. The predicted octanol–water partition coefficient (Wildman–Crippen LogP) is 3.15. The molecule has 0 amide bonds. The first-order valence-electron chi connectivity index (χ1n) is 8.74. The van der Waals surface area contributed by atoms with E-state index in [1.165, 1.54) is 23.9 Å². The zero-order chi connectivity index (χ0) is 18.5. The number of nitrogens with zero attached hydrogens (tertiary/aromatic N) is 1. The summed E-state index contributed by atoms with van der Waals surface area (Å²) < 4.78 is 5.61. The molecule has 1 heterocycles. The van der Waals surface area contributed by atoms with Gasteiger partial charge in [0.15, 0.2) is 5.16 Å². The second-order valence-electron chi connectivity index (χ2n) is 6.52. The third kappa shape index (κ3) is 4.66. The molecule has 1 aromatic carbocycles. The van der Waals surface area contributed by atoms with Gasteiger partial charge in [0, 0.05) is 11.3 Å². The minimum atomic E-state index is -0.950. The van der Waals surface area contributed by atoms with Crippen LogP contribution in [0, 0.1) is 5.92 Å². The topological polar surface area (TPSA) is 92.3 Å². The lowest BCUT2D eigenvalue weighted by molar-refractivity contribution is 0.0697. The Kier molecular flexibility index (Phi) is 5.98. The molecule has 138 valence electrons. The first-order valence-corrected chi connectivity index (χ1v) is 9.72. The van der Waals surface area contributed by atoms with Gasteiger partial charge in [0.05, 0.1) is 17.9 Å². The van der Waals surface area contributed by atoms with Crippen LogP contribution in [0.25, 0.3) is 0 Å². The van der Waals surface area contributed by atoms with Crippen LogP contribution in [-0.2, 0) is 12.8 Å². The fraction of sp³-hybridized carbons (Fsp3) is 0.421. The number of hydrogen-bond donors (Lipinski definition) is 2. The lowest BCUT2D eigenvalue weighted by Crippen LogP contribution is -2.24. The minimum Gasteiger partial charge on any atom is -0.494 e. The molecule has 1 unspecified atom stereocenters. The maximum atomic E-state index is 12.2. The molecular weight excluding hydrogens is 352 g/mol.